The number of fused-ring (bicyclic) bond motifs is 1. The summed E-state index contributed by atoms with van der Waals surface area (Å²) < 4.78 is 0. The van der Waals surface area contributed by atoms with Crippen molar-refractivity contribution in [2.24, 2.45) is 0 Å². The highest BCUT2D eigenvalue weighted by Crippen LogP contribution is 2.24. The maximum absolute atomic E-state index is 4.66. The molecule has 0 saturated carbocycles. The molecule has 5 heteroatoms. The van der Waals surface area contributed by atoms with Crippen molar-refractivity contribution in [1.82, 2.24) is 15.6 Å². The lowest BCUT2D eigenvalue weighted by atomic mass is 10.0. The fourth-order valence-electron chi connectivity index (χ4n) is 3.25. The third-order valence-electron chi connectivity index (χ3n) is 4.46. The van der Waals surface area contributed by atoms with E-state index in [1.165, 1.54) is 34.5 Å². The number of benzene rings is 1. The number of rotatable bonds is 3. The number of nitrogens with one attached hydrogen (secondary N) is 3. The van der Waals surface area contributed by atoms with Crippen LogP contribution in [0.5, 0.6) is 0 Å². The minimum atomic E-state index is 0.545. The Balaban J connectivity index is 1.77. The van der Waals surface area contributed by atoms with Gasteiger partial charge in [0.15, 0.2) is 0 Å². The normalized spacial score (nSPS) is 17.6. The molecule has 4 nitrogen and oxygen atoms in total. The molecule has 2 aliphatic rings. The first-order valence-corrected chi connectivity index (χ1v) is 9.15. The quantitative estimate of drug-likeness (QED) is 0.798. The number of hydrogen-bond acceptors (Lipinski definition) is 5. The Bertz CT molecular complexity index is 818. The van der Waals surface area contributed by atoms with Gasteiger partial charge in [-0.2, -0.15) is 0 Å². The van der Waals surface area contributed by atoms with Crippen LogP contribution in [0.15, 0.2) is 17.5 Å². The molecule has 2 aliphatic heterocycles. The summed E-state index contributed by atoms with van der Waals surface area (Å²) in [5, 5.41) is 16.3. The van der Waals surface area contributed by atoms with E-state index in [0.29, 0.717) is 6.04 Å². The highest BCUT2D eigenvalue weighted by atomic mass is 32.1. The zero-order valence-electron chi connectivity index (χ0n) is 13.4. The van der Waals surface area contributed by atoms with Crippen molar-refractivity contribution in [2.75, 3.05) is 25.0 Å². The summed E-state index contributed by atoms with van der Waals surface area (Å²) in [6.45, 7) is 5.13. The second kappa shape index (κ2) is 6.34. The van der Waals surface area contributed by atoms with E-state index in [0.717, 1.165) is 30.3 Å². The molecule has 0 aliphatic carbocycles. The topological polar surface area (TPSA) is 49.0 Å². The molecule has 3 N–H and O–H groups in total. The lowest BCUT2D eigenvalue weighted by Gasteiger charge is -2.25. The fraction of sp³-hybridized carbons (Fsp3) is 0.389. The molecule has 0 spiro atoms. The number of piperidine rings is 1. The molecular formula is C18H22N4S. The van der Waals surface area contributed by atoms with E-state index in [-0.39, 0.29) is 0 Å². The highest BCUT2D eigenvalue weighted by molar-refractivity contribution is 7.13. The number of hydrogen-bond donors (Lipinski definition) is 3. The van der Waals surface area contributed by atoms with Crippen molar-refractivity contribution in [3.05, 3.63) is 33.6 Å². The van der Waals surface area contributed by atoms with Crippen LogP contribution in [0.25, 0.3) is 22.8 Å². The summed E-state index contributed by atoms with van der Waals surface area (Å²) in [7, 11) is 0. The van der Waals surface area contributed by atoms with Gasteiger partial charge in [0.05, 0.1) is 0 Å². The Labute approximate surface area is 140 Å². The van der Waals surface area contributed by atoms with E-state index in [9.17, 15) is 0 Å². The van der Waals surface area contributed by atoms with Gasteiger partial charge >= 0.3 is 0 Å². The van der Waals surface area contributed by atoms with Gasteiger partial charge in [-0.3, -0.25) is 0 Å². The lowest BCUT2D eigenvalue weighted by Crippen LogP contribution is -2.40. The van der Waals surface area contributed by atoms with E-state index in [1.54, 1.807) is 11.3 Å². The maximum Gasteiger partial charge on any atom is 0.123 e. The van der Waals surface area contributed by atoms with E-state index in [1.807, 2.05) is 0 Å². The molecule has 0 atom stereocenters. The summed E-state index contributed by atoms with van der Waals surface area (Å²) in [5.41, 5.74) is 3.53. The van der Waals surface area contributed by atoms with E-state index >= 15 is 0 Å². The van der Waals surface area contributed by atoms with Crippen LogP contribution in [0.4, 0.5) is 5.69 Å². The van der Waals surface area contributed by atoms with Gasteiger partial charge in [0.25, 0.3) is 0 Å². The largest absolute Gasteiger partial charge is 0.387 e. The number of nitrogens with zero attached hydrogens (tertiary/aromatic N) is 1. The number of aromatic nitrogens is 1. The molecule has 0 bridgehead atoms. The van der Waals surface area contributed by atoms with Crippen LogP contribution in [0.1, 0.15) is 18.5 Å². The molecule has 23 heavy (non-hydrogen) atoms. The van der Waals surface area contributed by atoms with Crippen molar-refractivity contribution >= 4 is 29.3 Å². The standard InChI is InChI=1S/C18H22N4S/c1-12-11-23-18(21-12)14-8-13-2-5-20-10-16(13)17(9-14)22-15-3-6-19-7-4-15/h2,8-11,15,19-20,22H,3-7H2,1H3. The average molecular weight is 326 g/mol. The minimum absolute atomic E-state index is 0.545. The molecule has 0 radical (unpaired) electrons. The summed E-state index contributed by atoms with van der Waals surface area (Å²) >= 11 is 1.72. The Morgan fingerprint density at radius 3 is 2.91 bits per heavy atom. The molecule has 1 saturated heterocycles. The van der Waals surface area contributed by atoms with Crippen molar-refractivity contribution in [3.63, 3.8) is 0 Å². The first-order chi connectivity index (χ1) is 11.3. The van der Waals surface area contributed by atoms with Crippen molar-refractivity contribution in [1.29, 1.82) is 0 Å². The smallest absolute Gasteiger partial charge is 0.123 e. The first-order valence-electron chi connectivity index (χ1n) is 8.27. The van der Waals surface area contributed by atoms with Crippen LogP contribution in [0, 0.1) is 6.92 Å². The fourth-order valence-corrected chi connectivity index (χ4v) is 4.04. The summed E-state index contributed by atoms with van der Waals surface area (Å²) in [6, 6.07) is 5.07. The van der Waals surface area contributed by atoms with Gasteiger partial charge in [0.2, 0.25) is 0 Å². The molecular weight excluding hydrogens is 304 g/mol. The molecule has 1 aromatic heterocycles. The molecule has 120 valence electrons. The van der Waals surface area contributed by atoms with Gasteiger partial charge < -0.3 is 16.0 Å². The van der Waals surface area contributed by atoms with Crippen molar-refractivity contribution < 1.29 is 0 Å². The molecule has 2 aromatic rings. The Hall–Kier alpha value is -1.85. The van der Waals surface area contributed by atoms with Gasteiger partial charge in [-0.1, -0.05) is 6.08 Å². The molecule has 3 heterocycles. The molecule has 0 unspecified atom stereocenters. The third-order valence-corrected chi connectivity index (χ3v) is 5.47. The number of anilines is 1. The summed E-state index contributed by atoms with van der Waals surface area (Å²) in [4.78, 5) is 4.66. The van der Waals surface area contributed by atoms with Crippen LogP contribution in [0.3, 0.4) is 0 Å². The zero-order valence-corrected chi connectivity index (χ0v) is 14.2. The summed E-state index contributed by atoms with van der Waals surface area (Å²) in [6.07, 6.45) is 6.74. The van der Waals surface area contributed by atoms with Gasteiger partial charge in [-0.05, 0) is 50.2 Å². The second-order valence-electron chi connectivity index (χ2n) is 6.25. The predicted molar refractivity (Wildman–Crippen MR) is 98.0 cm³/mol. The Morgan fingerprint density at radius 2 is 2.13 bits per heavy atom. The van der Waals surface area contributed by atoms with Crippen molar-refractivity contribution in [3.8, 4) is 10.6 Å². The van der Waals surface area contributed by atoms with Gasteiger partial charge in [0.1, 0.15) is 5.01 Å². The zero-order chi connectivity index (χ0) is 15.6. The van der Waals surface area contributed by atoms with E-state index in [4.69, 9.17) is 0 Å². The molecule has 1 aromatic carbocycles. The van der Waals surface area contributed by atoms with Crippen molar-refractivity contribution in [2.45, 2.75) is 25.8 Å². The monoisotopic (exact) mass is 326 g/mol. The number of aryl methyl sites for hydroxylation is 1. The Morgan fingerprint density at radius 1 is 1.26 bits per heavy atom. The highest BCUT2D eigenvalue weighted by Gasteiger charge is 2.15. The number of thiazole rings is 1. The first kappa shape index (κ1) is 14.7. The van der Waals surface area contributed by atoms with Crippen LogP contribution < -0.4 is 26.4 Å². The van der Waals surface area contributed by atoms with Crippen LogP contribution in [0.2, 0.25) is 0 Å². The molecule has 1 fully saturated rings. The maximum atomic E-state index is 4.66. The van der Waals surface area contributed by atoms with Crippen LogP contribution in [-0.4, -0.2) is 30.7 Å². The van der Waals surface area contributed by atoms with E-state index in [2.05, 4.69) is 57.6 Å². The Kier molecular flexibility index (Phi) is 4.06. The molecule has 4 rings (SSSR count). The summed E-state index contributed by atoms with van der Waals surface area (Å²) in [5.74, 6) is 0. The third kappa shape index (κ3) is 3.12. The van der Waals surface area contributed by atoms with Gasteiger partial charge in [0, 0.05) is 46.3 Å². The minimum Gasteiger partial charge on any atom is -0.387 e. The van der Waals surface area contributed by atoms with Crippen LogP contribution in [-0.2, 0) is 0 Å². The second-order valence-corrected chi connectivity index (χ2v) is 7.10. The SMILES string of the molecule is Cc1csc(-c2cc(NC3CCNCC3)c3c(c2)=CCNC=3)n1. The molecule has 0 amide bonds. The van der Waals surface area contributed by atoms with Crippen LogP contribution >= 0.6 is 11.3 Å². The van der Waals surface area contributed by atoms with E-state index < -0.39 is 0 Å². The van der Waals surface area contributed by atoms with Gasteiger partial charge in [-0.15, -0.1) is 11.3 Å². The van der Waals surface area contributed by atoms with Gasteiger partial charge in [-0.25, -0.2) is 4.98 Å². The predicted octanol–water partition coefficient (Wildman–Crippen LogP) is 1.40. The average Bonchev–Trinajstić information content (AvgIpc) is 3.02. The lowest BCUT2D eigenvalue weighted by molar-refractivity contribution is 0.479.